The van der Waals surface area contributed by atoms with Gasteiger partial charge in [-0.2, -0.15) is 0 Å². The van der Waals surface area contributed by atoms with Crippen LogP contribution in [0.3, 0.4) is 0 Å². The quantitative estimate of drug-likeness (QED) is 0.240. The Balaban J connectivity index is 1.48. The molecule has 0 heterocycles. The molecule has 1 aliphatic carbocycles. The van der Waals surface area contributed by atoms with Crippen molar-refractivity contribution in [3.8, 4) is 0 Å². The number of benzene rings is 1. The van der Waals surface area contributed by atoms with E-state index >= 15 is 0 Å². The molecule has 4 heteroatoms. The van der Waals surface area contributed by atoms with E-state index in [9.17, 15) is 14.4 Å². The fraction of sp³-hybridized carbons (Fsp3) is 0.593. The number of Topliss-reactive ketones (excluding diaryl/α,β-unsaturated/α-hetero) is 1. The van der Waals surface area contributed by atoms with Crippen LogP contribution in [0.1, 0.15) is 118 Å². The molecule has 170 valence electrons. The van der Waals surface area contributed by atoms with Gasteiger partial charge in [0.15, 0.2) is 11.6 Å². The zero-order valence-corrected chi connectivity index (χ0v) is 19.2. The molecule has 0 atom stereocenters. The highest BCUT2D eigenvalue weighted by atomic mass is 16.2. The molecule has 0 saturated heterocycles. The van der Waals surface area contributed by atoms with Gasteiger partial charge in [0, 0.05) is 23.7 Å². The van der Waals surface area contributed by atoms with Gasteiger partial charge in [-0.05, 0) is 6.42 Å². The first kappa shape index (κ1) is 25.0. The molecular weight excluding hydrogens is 386 g/mol. The number of hydrogen-bond acceptors (Lipinski definition) is 3. The van der Waals surface area contributed by atoms with E-state index in [0.29, 0.717) is 17.7 Å². The molecule has 0 saturated carbocycles. The first-order valence-electron chi connectivity index (χ1n) is 12.3. The normalized spacial score (nSPS) is 13.1. The topological polar surface area (TPSA) is 63.2 Å². The third-order valence-electron chi connectivity index (χ3n) is 6.02. The molecule has 4 nitrogen and oxygen atoms in total. The lowest BCUT2D eigenvalue weighted by Crippen LogP contribution is -2.32. The van der Waals surface area contributed by atoms with Gasteiger partial charge in [-0.15, -0.1) is 0 Å². The number of carbonyl (C=O) groups is 3. The predicted molar refractivity (Wildman–Crippen MR) is 127 cm³/mol. The molecule has 31 heavy (non-hydrogen) atoms. The standard InChI is InChI=1S/C27H39NO3/c1-2-3-4-5-6-7-8-9-10-11-12-13-14-17-20-28-27(31)24-21-25(29)22-18-15-16-19-23(22)26(24)30/h15-16,18-19,21H,2-14,17,20H2,1H3,(H,28,31). The Morgan fingerprint density at radius 2 is 1.19 bits per heavy atom. The van der Waals surface area contributed by atoms with E-state index in [1.807, 2.05) is 0 Å². The fourth-order valence-electron chi connectivity index (χ4n) is 4.10. The van der Waals surface area contributed by atoms with Crippen molar-refractivity contribution in [2.45, 2.75) is 96.8 Å². The predicted octanol–water partition coefficient (Wildman–Crippen LogP) is 6.59. The third kappa shape index (κ3) is 8.80. The van der Waals surface area contributed by atoms with E-state index < -0.39 is 5.91 Å². The van der Waals surface area contributed by atoms with Crippen LogP contribution in [0.25, 0.3) is 0 Å². The van der Waals surface area contributed by atoms with Gasteiger partial charge in [0.05, 0.1) is 5.57 Å². The van der Waals surface area contributed by atoms with Crippen LogP contribution in [0.15, 0.2) is 35.9 Å². The second kappa shape index (κ2) is 14.7. The summed E-state index contributed by atoms with van der Waals surface area (Å²) in [5.41, 5.74) is 0.640. The molecule has 1 aromatic rings. The summed E-state index contributed by atoms with van der Waals surface area (Å²) in [6.07, 6.45) is 19.2. The molecular formula is C27H39NO3. The first-order valence-corrected chi connectivity index (χ1v) is 12.3. The number of fused-ring (bicyclic) bond motifs is 1. The first-order chi connectivity index (χ1) is 15.1. The SMILES string of the molecule is CCCCCCCCCCCCCCCCNC(=O)C1=CC(=O)c2ccccc2C1=O. The third-order valence-corrected chi connectivity index (χ3v) is 6.02. The van der Waals surface area contributed by atoms with Crippen LogP contribution in [0, 0.1) is 0 Å². The number of rotatable bonds is 16. The van der Waals surface area contributed by atoms with Gasteiger partial charge in [-0.25, -0.2) is 0 Å². The summed E-state index contributed by atoms with van der Waals surface area (Å²) in [6, 6.07) is 6.65. The summed E-state index contributed by atoms with van der Waals surface area (Å²) in [7, 11) is 0. The summed E-state index contributed by atoms with van der Waals surface area (Å²) in [4.78, 5) is 37.0. The molecule has 1 aromatic carbocycles. The summed E-state index contributed by atoms with van der Waals surface area (Å²) in [5, 5.41) is 2.80. The highest BCUT2D eigenvalue weighted by molar-refractivity contribution is 6.34. The minimum Gasteiger partial charge on any atom is -0.352 e. The Bertz CT molecular complexity index is 751. The van der Waals surface area contributed by atoms with E-state index in [0.717, 1.165) is 12.8 Å². The van der Waals surface area contributed by atoms with Gasteiger partial charge in [0.25, 0.3) is 5.91 Å². The Hall–Kier alpha value is -2.23. The van der Waals surface area contributed by atoms with Crippen LogP contribution >= 0.6 is 0 Å². The van der Waals surface area contributed by atoms with Crippen LogP contribution < -0.4 is 5.32 Å². The number of hydrogen-bond donors (Lipinski definition) is 1. The minimum absolute atomic E-state index is 0.0472. The van der Waals surface area contributed by atoms with Gasteiger partial charge in [0.1, 0.15) is 0 Å². The molecule has 0 aromatic heterocycles. The van der Waals surface area contributed by atoms with Crippen molar-refractivity contribution in [3.63, 3.8) is 0 Å². The van der Waals surface area contributed by atoms with Crippen LogP contribution in [0.5, 0.6) is 0 Å². The number of unbranched alkanes of at least 4 members (excludes halogenated alkanes) is 13. The lowest BCUT2D eigenvalue weighted by Gasteiger charge is -2.14. The summed E-state index contributed by atoms with van der Waals surface area (Å²) in [6.45, 7) is 2.80. The van der Waals surface area contributed by atoms with Crippen LogP contribution in [0.4, 0.5) is 0 Å². The second-order valence-electron chi connectivity index (χ2n) is 8.65. The molecule has 0 bridgehead atoms. The van der Waals surface area contributed by atoms with E-state index in [2.05, 4.69) is 12.2 Å². The summed E-state index contributed by atoms with van der Waals surface area (Å²) in [5.74, 6) is -1.09. The van der Waals surface area contributed by atoms with E-state index in [1.54, 1.807) is 24.3 Å². The molecule has 2 rings (SSSR count). The lowest BCUT2D eigenvalue weighted by atomic mass is 9.89. The number of ketones is 2. The number of nitrogens with one attached hydrogen (secondary N) is 1. The van der Waals surface area contributed by atoms with Crippen LogP contribution in [0.2, 0.25) is 0 Å². The number of allylic oxidation sites excluding steroid dienone is 1. The maximum atomic E-state index is 12.5. The van der Waals surface area contributed by atoms with Gasteiger partial charge >= 0.3 is 0 Å². The highest BCUT2D eigenvalue weighted by Crippen LogP contribution is 2.21. The van der Waals surface area contributed by atoms with E-state index in [-0.39, 0.29) is 17.1 Å². The van der Waals surface area contributed by atoms with E-state index in [4.69, 9.17) is 0 Å². The monoisotopic (exact) mass is 425 g/mol. The molecule has 0 unspecified atom stereocenters. The van der Waals surface area contributed by atoms with Gasteiger partial charge in [-0.1, -0.05) is 115 Å². The average molecular weight is 426 g/mol. The number of amides is 1. The second-order valence-corrected chi connectivity index (χ2v) is 8.65. The molecule has 1 N–H and O–H groups in total. The highest BCUT2D eigenvalue weighted by Gasteiger charge is 2.28. The van der Waals surface area contributed by atoms with Crippen LogP contribution in [-0.2, 0) is 4.79 Å². The Morgan fingerprint density at radius 3 is 1.74 bits per heavy atom. The fourth-order valence-corrected chi connectivity index (χ4v) is 4.10. The molecule has 0 radical (unpaired) electrons. The summed E-state index contributed by atoms with van der Waals surface area (Å²) >= 11 is 0. The molecule has 0 fully saturated rings. The molecule has 0 spiro atoms. The molecule has 1 aliphatic rings. The zero-order chi connectivity index (χ0) is 22.3. The Kier molecular flexibility index (Phi) is 11.9. The largest absolute Gasteiger partial charge is 0.352 e. The van der Waals surface area contributed by atoms with Crippen molar-refractivity contribution in [2.75, 3.05) is 6.54 Å². The Labute approximate surface area is 187 Å². The zero-order valence-electron chi connectivity index (χ0n) is 19.2. The van der Waals surface area contributed by atoms with Gasteiger partial charge in [-0.3, -0.25) is 14.4 Å². The Morgan fingerprint density at radius 1 is 0.710 bits per heavy atom. The molecule has 0 aliphatic heterocycles. The van der Waals surface area contributed by atoms with Crippen molar-refractivity contribution < 1.29 is 14.4 Å². The van der Waals surface area contributed by atoms with Crippen molar-refractivity contribution >= 4 is 17.5 Å². The van der Waals surface area contributed by atoms with Gasteiger partial charge < -0.3 is 5.32 Å². The van der Waals surface area contributed by atoms with Crippen LogP contribution in [-0.4, -0.2) is 24.0 Å². The van der Waals surface area contributed by atoms with Crippen molar-refractivity contribution in [1.29, 1.82) is 0 Å². The number of carbonyl (C=O) groups excluding carboxylic acids is 3. The van der Waals surface area contributed by atoms with Crippen molar-refractivity contribution in [3.05, 3.63) is 47.0 Å². The molecule has 1 amide bonds. The van der Waals surface area contributed by atoms with Gasteiger partial charge in [0.2, 0.25) is 0 Å². The van der Waals surface area contributed by atoms with Crippen molar-refractivity contribution in [1.82, 2.24) is 5.32 Å². The lowest BCUT2D eigenvalue weighted by molar-refractivity contribution is -0.117. The maximum Gasteiger partial charge on any atom is 0.255 e. The van der Waals surface area contributed by atoms with Crippen molar-refractivity contribution in [2.24, 2.45) is 0 Å². The smallest absolute Gasteiger partial charge is 0.255 e. The average Bonchev–Trinajstić information content (AvgIpc) is 2.78. The summed E-state index contributed by atoms with van der Waals surface area (Å²) < 4.78 is 0. The minimum atomic E-state index is -0.442. The maximum absolute atomic E-state index is 12.5. The van der Waals surface area contributed by atoms with E-state index in [1.165, 1.54) is 83.1 Å².